The molecule has 1 aliphatic heterocycles. The van der Waals surface area contributed by atoms with Gasteiger partial charge in [0.05, 0.1) is 0 Å². The lowest BCUT2D eigenvalue weighted by atomic mass is 9.80. The normalized spacial score (nSPS) is 14.6. The van der Waals surface area contributed by atoms with E-state index in [0.717, 1.165) is 50.3 Å². The van der Waals surface area contributed by atoms with Crippen LogP contribution in [0.25, 0.3) is 67.5 Å². The van der Waals surface area contributed by atoms with Gasteiger partial charge in [0.1, 0.15) is 5.75 Å². The maximum absolute atomic E-state index is 6.90. The van der Waals surface area contributed by atoms with Crippen LogP contribution >= 0.6 is 0 Å². The average Bonchev–Trinajstić information content (AvgIpc) is 3.22. The first-order valence-corrected chi connectivity index (χ1v) is 17.2. The maximum atomic E-state index is 6.90. The standard InChI is InChI=1S/C47H33N3O/c1-47(39-17-9-4-10-18-39)42-20-12-11-19-40(42)41-30-29-38(31-43(41)51-47)34-23-27-37(28-24-34)46-49-44(35-15-7-3-8-16-35)48-45(50-46)36-25-21-33(22-26-36)32-13-5-2-6-14-32/h2-31H,1H3. The lowest BCUT2D eigenvalue weighted by molar-refractivity contribution is 0.129. The Hall–Kier alpha value is -6.65. The number of fused-ring (bicyclic) bond motifs is 3. The zero-order valence-electron chi connectivity index (χ0n) is 28.1. The molecule has 2 heterocycles. The lowest BCUT2D eigenvalue weighted by Gasteiger charge is -2.38. The van der Waals surface area contributed by atoms with Gasteiger partial charge in [0.2, 0.25) is 0 Å². The van der Waals surface area contributed by atoms with Crippen LogP contribution in [-0.2, 0) is 5.60 Å². The second-order valence-corrected chi connectivity index (χ2v) is 13.0. The van der Waals surface area contributed by atoms with Crippen molar-refractivity contribution in [2.75, 3.05) is 0 Å². The number of ether oxygens (including phenoxy) is 1. The third-order valence-electron chi connectivity index (χ3n) is 9.75. The van der Waals surface area contributed by atoms with E-state index in [0.29, 0.717) is 17.5 Å². The van der Waals surface area contributed by atoms with E-state index in [1.165, 1.54) is 16.7 Å². The van der Waals surface area contributed by atoms with Crippen LogP contribution in [0.15, 0.2) is 182 Å². The molecule has 7 aromatic carbocycles. The summed E-state index contributed by atoms with van der Waals surface area (Å²) in [5.74, 6) is 2.77. The van der Waals surface area contributed by atoms with Crippen molar-refractivity contribution in [2.45, 2.75) is 12.5 Å². The van der Waals surface area contributed by atoms with Crippen molar-refractivity contribution < 1.29 is 4.74 Å². The quantitative estimate of drug-likeness (QED) is 0.179. The Morgan fingerprint density at radius 1 is 0.373 bits per heavy atom. The van der Waals surface area contributed by atoms with Gasteiger partial charge in [-0.25, -0.2) is 15.0 Å². The van der Waals surface area contributed by atoms with Crippen molar-refractivity contribution in [3.63, 3.8) is 0 Å². The topological polar surface area (TPSA) is 47.9 Å². The smallest absolute Gasteiger partial charge is 0.164 e. The minimum Gasteiger partial charge on any atom is -0.477 e. The number of aromatic nitrogens is 3. The predicted octanol–water partition coefficient (Wildman–Crippen LogP) is 11.5. The Labute approximate surface area is 297 Å². The van der Waals surface area contributed by atoms with Crippen molar-refractivity contribution in [3.05, 3.63) is 193 Å². The molecule has 0 bridgehead atoms. The molecule has 4 heteroatoms. The molecule has 0 N–H and O–H groups in total. The molecule has 242 valence electrons. The van der Waals surface area contributed by atoms with Gasteiger partial charge in [-0.1, -0.05) is 176 Å². The van der Waals surface area contributed by atoms with Gasteiger partial charge in [-0.05, 0) is 46.4 Å². The Morgan fingerprint density at radius 2 is 0.784 bits per heavy atom. The van der Waals surface area contributed by atoms with Crippen LogP contribution < -0.4 is 4.74 Å². The Balaban J connectivity index is 1.07. The first kappa shape index (κ1) is 30.4. The first-order valence-electron chi connectivity index (χ1n) is 17.2. The minimum atomic E-state index is -0.609. The highest BCUT2D eigenvalue weighted by Crippen LogP contribution is 2.49. The van der Waals surface area contributed by atoms with Gasteiger partial charge in [-0.15, -0.1) is 0 Å². The molecule has 0 radical (unpaired) electrons. The fourth-order valence-corrected chi connectivity index (χ4v) is 6.99. The zero-order chi connectivity index (χ0) is 34.2. The van der Waals surface area contributed by atoms with E-state index in [1.54, 1.807) is 0 Å². The molecule has 0 aliphatic carbocycles. The van der Waals surface area contributed by atoms with Gasteiger partial charge in [0.25, 0.3) is 0 Å². The van der Waals surface area contributed by atoms with E-state index in [-0.39, 0.29) is 0 Å². The summed E-state index contributed by atoms with van der Waals surface area (Å²) in [7, 11) is 0. The van der Waals surface area contributed by atoms with Gasteiger partial charge in [0.15, 0.2) is 23.1 Å². The average molecular weight is 656 g/mol. The van der Waals surface area contributed by atoms with E-state index in [1.807, 2.05) is 42.5 Å². The summed E-state index contributed by atoms with van der Waals surface area (Å²) in [6, 6.07) is 62.8. The number of nitrogens with zero attached hydrogens (tertiary/aromatic N) is 3. The Kier molecular flexibility index (Phi) is 7.55. The summed E-state index contributed by atoms with van der Waals surface area (Å²) in [4.78, 5) is 14.9. The number of hydrogen-bond acceptors (Lipinski definition) is 4. The van der Waals surface area contributed by atoms with Crippen LogP contribution in [-0.4, -0.2) is 15.0 Å². The molecule has 1 aliphatic rings. The fourth-order valence-electron chi connectivity index (χ4n) is 6.99. The molecule has 1 unspecified atom stereocenters. The summed E-state index contributed by atoms with van der Waals surface area (Å²) in [5.41, 5.74) is 11.3. The van der Waals surface area contributed by atoms with Crippen LogP contribution in [0, 0.1) is 0 Å². The molecule has 0 saturated carbocycles. The Morgan fingerprint density at radius 3 is 1.37 bits per heavy atom. The molecule has 0 fully saturated rings. The lowest BCUT2D eigenvalue weighted by Crippen LogP contribution is -2.34. The largest absolute Gasteiger partial charge is 0.477 e. The highest BCUT2D eigenvalue weighted by molar-refractivity contribution is 5.82. The number of rotatable bonds is 6. The van der Waals surface area contributed by atoms with Crippen LogP contribution in [0.1, 0.15) is 18.1 Å². The van der Waals surface area contributed by atoms with E-state index < -0.39 is 5.60 Å². The second kappa shape index (κ2) is 12.7. The van der Waals surface area contributed by atoms with Gasteiger partial charge >= 0.3 is 0 Å². The van der Waals surface area contributed by atoms with E-state index in [4.69, 9.17) is 19.7 Å². The fraction of sp³-hybridized carbons (Fsp3) is 0.0426. The van der Waals surface area contributed by atoms with E-state index in [9.17, 15) is 0 Å². The molecular formula is C47H33N3O. The molecule has 51 heavy (non-hydrogen) atoms. The van der Waals surface area contributed by atoms with Crippen LogP contribution in [0.5, 0.6) is 5.75 Å². The number of benzene rings is 7. The molecule has 1 aromatic heterocycles. The first-order chi connectivity index (χ1) is 25.1. The molecule has 8 aromatic rings. The number of hydrogen-bond donors (Lipinski definition) is 0. The molecule has 0 spiro atoms. The van der Waals surface area contributed by atoms with Crippen molar-refractivity contribution in [1.29, 1.82) is 0 Å². The third-order valence-corrected chi connectivity index (χ3v) is 9.75. The van der Waals surface area contributed by atoms with Gasteiger partial charge in [-0.3, -0.25) is 0 Å². The van der Waals surface area contributed by atoms with Crippen LogP contribution in [0.3, 0.4) is 0 Å². The van der Waals surface area contributed by atoms with Crippen molar-refractivity contribution in [3.8, 4) is 73.3 Å². The molecule has 0 amide bonds. The van der Waals surface area contributed by atoms with Crippen molar-refractivity contribution in [2.24, 2.45) is 0 Å². The molecule has 9 rings (SSSR count). The van der Waals surface area contributed by atoms with Crippen molar-refractivity contribution >= 4 is 0 Å². The minimum absolute atomic E-state index is 0.609. The Bertz CT molecular complexity index is 2480. The summed E-state index contributed by atoms with van der Waals surface area (Å²) in [6.45, 7) is 2.16. The van der Waals surface area contributed by atoms with Crippen LogP contribution in [0.4, 0.5) is 0 Å². The third kappa shape index (κ3) is 5.67. The molecule has 1 atom stereocenters. The second-order valence-electron chi connectivity index (χ2n) is 13.0. The van der Waals surface area contributed by atoms with Crippen molar-refractivity contribution in [1.82, 2.24) is 15.0 Å². The summed E-state index contributed by atoms with van der Waals surface area (Å²) < 4.78 is 6.90. The molecule has 0 saturated heterocycles. The maximum Gasteiger partial charge on any atom is 0.164 e. The van der Waals surface area contributed by atoms with E-state index in [2.05, 4.69) is 146 Å². The highest BCUT2D eigenvalue weighted by Gasteiger charge is 2.38. The summed E-state index contributed by atoms with van der Waals surface area (Å²) in [5, 5.41) is 0. The molecular weight excluding hydrogens is 623 g/mol. The molecule has 4 nitrogen and oxygen atoms in total. The van der Waals surface area contributed by atoms with Gasteiger partial charge < -0.3 is 4.74 Å². The monoisotopic (exact) mass is 655 g/mol. The summed E-state index contributed by atoms with van der Waals surface area (Å²) >= 11 is 0. The predicted molar refractivity (Wildman–Crippen MR) is 206 cm³/mol. The van der Waals surface area contributed by atoms with E-state index >= 15 is 0 Å². The summed E-state index contributed by atoms with van der Waals surface area (Å²) in [6.07, 6.45) is 0. The zero-order valence-corrected chi connectivity index (χ0v) is 28.1. The SMILES string of the molecule is CC1(c2ccccc2)Oc2cc(-c3ccc(-c4nc(-c5ccccc5)nc(-c5ccc(-c6ccccc6)cc5)n4)cc3)ccc2-c2ccccc21. The van der Waals surface area contributed by atoms with Gasteiger partial charge in [0, 0.05) is 27.8 Å². The van der Waals surface area contributed by atoms with Gasteiger partial charge in [-0.2, -0.15) is 0 Å². The van der Waals surface area contributed by atoms with Crippen LogP contribution in [0.2, 0.25) is 0 Å². The highest BCUT2D eigenvalue weighted by atomic mass is 16.5.